The number of aromatic nitrogens is 2. The zero-order valence-corrected chi connectivity index (χ0v) is 19.8. The second-order valence-corrected chi connectivity index (χ2v) is 6.97. The van der Waals surface area contributed by atoms with Gasteiger partial charge in [0, 0.05) is 31.3 Å². The molecule has 7 heteroatoms. The monoisotopic (exact) mass is 507 g/mol. The summed E-state index contributed by atoms with van der Waals surface area (Å²) < 4.78 is 7.32. The van der Waals surface area contributed by atoms with Crippen LogP contribution in [0.15, 0.2) is 58.1 Å². The highest BCUT2D eigenvalue weighted by atomic mass is 127. The van der Waals surface area contributed by atoms with Gasteiger partial charge in [-0.05, 0) is 38.5 Å². The third-order valence-corrected chi connectivity index (χ3v) is 4.95. The minimum atomic E-state index is 0. The Balaban J connectivity index is 0.00000300. The van der Waals surface area contributed by atoms with Gasteiger partial charge in [0.1, 0.15) is 5.76 Å². The van der Waals surface area contributed by atoms with Gasteiger partial charge in [0.05, 0.1) is 24.5 Å². The first kappa shape index (κ1) is 23.0. The van der Waals surface area contributed by atoms with E-state index in [1.807, 2.05) is 36.9 Å². The lowest BCUT2D eigenvalue weighted by atomic mass is 10.1. The van der Waals surface area contributed by atoms with Crippen LogP contribution in [0.4, 0.5) is 0 Å². The maximum absolute atomic E-state index is 5.42. The number of halogens is 1. The fourth-order valence-electron chi connectivity index (χ4n) is 3.15. The van der Waals surface area contributed by atoms with Gasteiger partial charge in [0.2, 0.25) is 0 Å². The number of hydrogen-bond donors (Lipinski definition) is 2. The van der Waals surface area contributed by atoms with Gasteiger partial charge in [0.25, 0.3) is 0 Å². The van der Waals surface area contributed by atoms with Crippen molar-refractivity contribution in [1.29, 1.82) is 0 Å². The van der Waals surface area contributed by atoms with Crippen LogP contribution in [0, 0.1) is 13.8 Å². The molecule has 0 bridgehead atoms. The second kappa shape index (κ2) is 11.0. The number of benzene rings is 1. The van der Waals surface area contributed by atoms with Crippen LogP contribution in [0.3, 0.4) is 0 Å². The minimum absolute atomic E-state index is 0. The summed E-state index contributed by atoms with van der Waals surface area (Å²) >= 11 is 0. The van der Waals surface area contributed by atoms with Crippen LogP contribution >= 0.6 is 24.0 Å². The van der Waals surface area contributed by atoms with Crippen LogP contribution < -0.4 is 10.6 Å². The van der Waals surface area contributed by atoms with Crippen molar-refractivity contribution in [1.82, 2.24) is 20.4 Å². The fourth-order valence-corrected chi connectivity index (χ4v) is 3.15. The molecule has 1 atom stereocenters. The van der Waals surface area contributed by atoms with Crippen molar-refractivity contribution in [2.24, 2.45) is 12.0 Å². The lowest BCUT2D eigenvalue weighted by Gasteiger charge is -2.18. The number of hydrogen-bond acceptors (Lipinski definition) is 3. The smallest absolute Gasteiger partial charge is 0.192 e. The van der Waals surface area contributed by atoms with E-state index in [1.54, 1.807) is 6.26 Å². The van der Waals surface area contributed by atoms with E-state index in [2.05, 4.69) is 53.8 Å². The Hall–Kier alpha value is -2.29. The largest absolute Gasteiger partial charge is 0.469 e. The van der Waals surface area contributed by atoms with Crippen molar-refractivity contribution in [2.75, 3.05) is 6.54 Å². The van der Waals surface area contributed by atoms with E-state index >= 15 is 0 Å². The summed E-state index contributed by atoms with van der Waals surface area (Å²) in [5.74, 6) is 1.74. The molecule has 2 aromatic heterocycles. The summed E-state index contributed by atoms with van der Waals surface area (Å²) in [6.45, 7) is 7.57. The molecule has 0 aliphatic heterocycles. The van der Waals surface area contributed by atoms with Gasteiger partial charge in [-0.1, -0.05) is 30.3 Å². The molecule has 156 valence electrons. The lowest BCUT2D eigenvalue weighted by molar-refractivity contribution is 0.506. The molecule has 1 unspecified atom stereocenters. The van der Waals surface area contributed by atoms with Gasteiger partial charge in [-0.15, -0.1) is 24.0 Å². The summed E-state index contributed by atoms with van der Waals surface area (Å²) in [4.78, 5) is 4.82. The molecule has 3 aromatic rings. The van der Waals surface area contributed by atoms with Crippen molar-refractivity contribution in [2.45, 2.75) is 39.8 Å². The second-order valence-electron chi connectivity index (χ2n) is 6.97. The number of nitrogens with one attached hydrogen (secondary N) is 2. The molecule has 0 saturated carbocycles. The molecule has 0 amide bonds. The highest BCUT2D eigenvalue weighted by molar-refractivity contribution is 14.0. The lowest BCUT2D eigenvalue weighted by Crippen LogP contribution is -2.39. The summed E-state index contributed by atoms with van der Waals surface area (Å²) in [5, 5.41) is 11.4. The van der Waals surface area contributed by atoms with Crippen LogP contribution in [0.5, 0.6) is 0 Å². The highest BCUT2D eigenvalue weighted by Crippen LogP contribution is 2.14. The van der Waals surface area contributed by atoms with Gasteiger partial charge in [-0.3, -0.25) is 4.68 Å². The molecular weight excluding hydrogens is 477 g/mol. The molecular formula is C22H30IN5O. The van der Waals surface area contributed by atoms with E-state index in [4.69, 9.17) is 9.41 Å². The molecule has 1 aromatic carbocycles. The predicted octanol–water partition coefficient (Wildman–Crippen LogP) is 4.29. The normalized spacial score (nSPS) is 12.3. The maximum Gasteiger partial charge on any atom is 0.192 e. The molecule has 6 nitrogen and oxygen atoms in total. The van der Waals surface area contributed by atoms with E-state index in [9.17, 15) is 0 Å². The van der Waals surface area contributed by atoms with Crippen LogP contribution in [0.25, 0.3) is 0 Å². The van der Waals surface area contributed by atoms with E-state index in [0.29, 0.717) is 6.54 Å². The molecule has 0 aliphatic rings. The Labute approximate surface area is 189 Å². The van der Waals surface area contributed by atoms with E-state index in [1.165, 1.54) is 11.1 Å². The zero-order chi connectivity index (χ0) is 19.9. The number of rotatable bonds is 7. The Kier molecular flexibility index (Phi) is 8.75. The summed E-state index contributed by atoms with van der Waals surface area (Å²) in [5.41, 5.74) is 4.56. The molecule has 0 saturated heterocycles. The predicted molar refractivity (Wildman–Crippen MR) is 128 cm³/mol. The van der Waals surface area contributed by atoms with Crippen molar-refractivity contribution in [3.05, 3.63) is 77.0 Å². The van der Waals surface area contributed by atoms with Crippen molar-refractivity contribution < 1.29 is 4.42 Å². The Morgan fingerprint density at radius 2 is 1.93 bits per heavy atom. The summed E-state index contributed by atoms with van der Waals surface area (Å²) in [6, 6.07) is 14.4. The molecule has 2 heterocycles. The Morgan fingerprint density at radius 3 is 2.55 bits per heavy atom. The molecule has 0 spiro atoms. The Morgan fingerprint density at radius 1 is 1.17 bits per heavy atom. The average Bonchev–Trinajstić information content (AvgIpc) is 3.29. The van der Waals surface area contributed by atoms with Crippen molar-refractivity contribution in [3.63, 3.8) is 0 Å². The quantitative estimate of drug-likeness (QED) is 0.285. The van der Waals surface area contributed by atoms with Crippen molar-refractivity contribution >= 4 is 29.9 Å². The molecule has 0 aliphatic carbocycles. The van der Waals surface area contributed by atoms with Gasteiger partial charge < -0.3 is 15.1 Å². The first-order valence-corrected chi connectivity index (χ1v) is 9.66. The number of guanidine groups is 1. The van der Waals surface area contributed by atoms with Gasteiger partial charge >= 0.3 is 0 Å². The van der Waals surface area contributed by atoms with Gasteiger partial charge in [-0.2, -0.15) is 5.10 Å². The topological polar surface area (TPSA) is 67.4 Å². The third-order valence-electron chi connectivity index (χ3n) is 4.95. The van der Waals surface area contributed by atoms with Crippen LogP contribution in [0.1, 0.15) is 41.2 Å². The molecule has 0 fully saturated rings. The van der Waals surface area contributed by atoms with Gasteiger partial charge in [-0.25, -0.2) is 4.99 Å². The third kappa shape index (κ3) is 6.35. The molecule has 2 N–H and O–H groups in total. The van der Waals surface area contributed by atoms with E-state index in [0.717, 1.165) is 36.1 Å². The molecule has 29 heavy (non-hydrogen) atoms. The van der Waals surface area contributed by atoms with Crippen LogP contribution in [0.2, 0.25) is 0 Å². The average molecular weight is 507 g/mol. The zero-order valence-electron chi connectivity index (χ0n) is 17.5. The van der Waals surface area contributed by atoms with Gasteiger partial charge in [0.15, 0.2) is 5.96 Å². The van der Waals surface area contributed by atoms with E-state index < -0.39 is 0 Å². The maximum atomic E-state index is 5.42. The first-order valence-electron chi connectivity index (χ1n) is 9.66. The fraction of sp³-hybridized carbons (Fsp3) is 0.364. The number of furan rings is 1. The number of aliphatic imine (C=N–C) groups is 1. The number of aryl methyl sites for hydroxylation is 2. The SMILES string of the molecule is Cc1nn(C)c(C)c1CN=C(NCCc1ccco1)NC(C)c1ccccc1.I. The minimum Gasteiger partial charge on any atom is -0.469 e. The molecule has 3 rings (SSSR count). The van der Waals surface area contributed by atoms with E-state index in [-0.39, 0.29) is 30.0 Å². The summed E-state index contributed by atoms with van der Waals surface area (Å²) in [7, 11) is 1.97. The molecule has 0 radical (unpaired) electrons. The Bertz CT molecular complexity index is 903. The van der Waals surface area contributed by atoms with Crippen LogP contribution in [-0.2, 0) is 20.0 Å². The standard InChI is InChI=1S/C22H29N5O.HI/c1-16(19-9-6-5-7-10-19)25-22(23-13-12-20-11-8-14-28-20)24-15-21-17(2)26-27(4)18(21)3;/h5-11,14,16H,12-13,15H2,1-4H3,(H2,23,24,25);1H. The highest BCUT2D eigenvalue weighted by Gasteiger charge is 2.11. The number of nitrogens with zero attached hydrogens (tertiary/aromatic N) is 3. The first-order chi connectivity index (χ1) is 13.5. The van der Waals surface area contributed by atoms with Crippen molar-refractivity contribution in [3.8, 4) is 0 Å². The van der Waals surface area contributed by atoms with Crippen LogP contribution in [-0.4, -0.2) is 22.3 Å². The summed E-state index contributed by atoms with van der Waals surface area (Å²) in [6.07, 6.45) is 2.51.